The van der Waals surface area contributed by atoms with E-state index in [1.807, 2.05) is 0 Å². The smallest absolute Gasteiger partial charge is 0.240 e. The second-order valence-corrected chi connectivity index (χ2v) is 6.79. The van der Waals surface area contributed by atoms with Gasteiger partial charge >= 0.3 is 0 Å². The van der Waals surface area contributed by atoms with Crippen LogP contribution in [0.5, 0.6) is 0 Å². The third-order valence-corrected chi connectivity index (χ3v) is 4.03. The fourth-order valence-electron chi connectivity index (χ4n) is 0.999. The van der Waals surface area contributed by atoms with Crippen molar-refractivity contribution >= 4 is 33.2 Å². The Morgan fingerprint density at radius 2 is 1.88 bits per heavy atom. The summed E-state index contributed by atoms with van der Waals surface area (Å²) in [6, 6.07) is 4.01. The van der Waals surface area contributed by atoms with E-state index in [1.54, 1.807) is 0 Å². The Balaban J connectivity index is 2.94. The van der Waals surface area contributed by atoms with Gasteiger partial charge in [0, 0.05) is 6.54 Å². The van der Waals surface area contributed by atoms with Crippen molar-refractivity contribution in [2.45, 2.75) is 24.3 Å². The number of rotatable bonds is 4. The number of aliphatic hydroxyl groups is 1. The fourth-order valence-corrected chi connectivity index (χ4v) is 2.59. The molecular weight excluding hydrogens is 285 g/mol. The lowest BCUT2D eigenvalue weighted by Crippen LogP contribution is -2.38. The summed E-state index contributed by atoms with van der Waals surface area (Å²) in [6.45, 7) is 2.92. The van der Waals surface area contributed by atoms with Crippen molar-refractivity contribution in [3.63, 3.8) is 0 Å². The maximum atomic E-state index is 11.8. The van der Waals surface area contributed by atoms with Crippen LogP contribution < -0.4 is 4.72 Å². The molecule has 0 fully saturated rings. The van der Waals surface area contributed by atoms with Crippen LogP contribution >= 0.6 is 23.2 Å². The van der Waals surface area contributed by atoms with Crippen molar-refractivity contribution in [1.82, 2.24) is 4.72 Å². The normalized spacial score (nSPS) is 12.8. The first-order chi connectivity index (χ1) is 7.62. The van der Waals surface area contributed by atoms with Crippen molar-refractivity contribution in [2.75, 3.05) is 6.54 Å². The molecule has 0 amide bonds. The molecular formula is C10H13Cl2NO3S. The second-order valence-electron chi connectivity index (χ2n) is 4.21. The van der Waals surface area contributed by atoms with E-state index in [0.29, 0.717) is 0 Å². The zero-order chi connectivity index (χ0) is 13.3. The Labute approximate surface area is 111 Å². The lowest BCUT2D eigenvalue weighted by atomic mass is 10.1. The van der Waals surface area contributed by atoms with E-state index >= 15 is 0 Å². The molecule has 0 unspecified atom stereocenters. The minimum Gasteiger partial charge on any atom is -0.389 e. The minimum absolute atomic E-state index is 0.0103. The molecule has 7 heteroatoms. The summed E-state index contributed by atoms with van der Waals surface area (Å²) in [6.07, 6.45) is 0. The highest BCUT2D eigenvalue weighted by Gasteiger charge is 2.20. The maximum Gasteiger partial charge on any atom is 0.240 e. The summed E-state index contributed by atoms with van der Waals surface area (Å²) in [5.41, 5.74) is -1.12. The van der Waals surface area contributed by atoms with E-state index in [1.165, 1.54) is 32.0 Å². The number of sulfonamides is 1. The summed E-state index contributed by atoms with van der Waals surface area (Å²) in [5, 5.41) is 9.90. The number of hydrogen-bond acceptors (Lipinski definition) is 3. The number of halogens is 2. The van der Waals surface area contributed by atoms with Crippen molar-refractivity contribution in [2.24, 2.45) is 0 Å². The highest BCUT2D eigenvalue weighted by Crippen LogP contribution is 2.24. The fraction of sp³-hybridized carbons (Fsp3) is 0.400. The average Bonchev–Trinajstić information content (AvgIpc) is 2.18. The van der Waals surface area contributed by atoms with Gasteiger partial charge in [0.05, 0.1) is 20.5 Å². The molecule has 0 aromatic heterocycles. The first kappa shape index (κ1) is 14.7. The minimum atomic E-state index is -3.69. The molecule has 0 saturated carbocycles. The Kier molecular flexibility index (Phi) is 4.43. The number of hydrogen-bond donors (Lipinski definition) is 2. The van der Waals surface area contributed by atoms with Gasteiger partial charge in [0.2, 0.25) is 10.0 Å². The van der Waals surface area contributed by atoms with Gasteiger partial charge in [-0.1, -0.05) is 23.2 Å². The molecule has 17 heavy (non-hydrogen) atoms. The SMILES string of the molecule is CC(C)(O)CNS(=O)(=O)c1ccc(Cl)c(Cl)c1. The summed E-state index contributed by atoms with van der Waals surface area (Å²) in [7, 11) is -3.69. The van der Waals surface area contributed by atoms with Crippen LogP contribution in [-0.2, 0) is 10.0 Å². The summed E-state index contributed by atoms with van der Waals surface area (Å²) in [4.78, 5) is 0.0103. The van der Waals surface area contributed by atoms with E-state index in [4.69, 9.17) is 23.2 Å². The molecule has 0 saturated heterocycles. The monoisotopic (exact) mass is 297 g/mol. The zero-order valence-corrected chi connectivity index (χ0v) is 11.7. The molecule has 1 rings (SSSR count). The van der Waals surface area contributed by atoms with Crippen molar-refractivity contribution in [1.29, 1.82) is 0 Å². The van der Waals surface area contributed by atoms with Crippen molar-refractivity contribution < 1.29 is 13.5 Å². The van der Waals surface area contributed by atoms with Crippen LogP contribution in [0.25, 0.3) is 0 Å². The zero-order valence-electron chi connectivity index (χ0n) is 9.37. The molecule has 0 aliphatic heterocycles. The highest BCUT2D eigenvalue weighted by molar-refractivity contribution is 7.89. The number of nitrogens with one attached hydrogen (secondary N) is 1. The van der Waals surface area contributed by atoms with Crippen LogP contribution in [0, 0.1) is 0 Å². The lowest BCUT2D eigenvalue weighted by Gasteiger charge is -2.17. The predicted molar refractivity (Wildman–Crippen MR) is 67.9 cm³/mol. The Bertz CT molecular complexity index is 509. The molecule has 0 bridgehead atoms. The van der Waals surface area contributed by atoms with E-state index < -0.39 is 15.6 Å². The van der Waals surface area contributed by atoms with Gasteiger partial charge in [-0.15, -0.1) is 0 Å². The Hall–Kier alpha value is -0.330. The van der Waals surface area contributed by atoms with Gasteiger partial charge < -0.3 is 5.11 Å². The van der Waals surface area contributed by atoms with E-state index in [2.05, 4.69) is 4.72 Å². The summed E-state index contributed by atoms with van der Waals surface area (Å²) in [5.74, 6) is 0. The highest BCUT2D eigenvalue weighted by atomic mass is 35.5. The van der Waals surface area contributed by atoms with Crippen LogP contribution in [0.3, 0.4) is 0 Å². The molecule has 96 valence electrons. The second kappa shape index (κ2) is 5.12. The molecule has 0 radical (unpaired) electrons. The Morgan fingerprint density at radius 1 is 1.29 bits per heavy atom. The van der Waals surface area contributed by atoms with Gasteiger partial charge in [-0.05, 0) is 32.0 Å². The van der Waals surface area contributed by atoms with E-state index in [-0.39, 0.29) is 21.5 Å². The van der Waals surface area contributed by atoms with Gasteiger partial charge in [0.25, 0.3) is 0 Å². The predicted octanol–water partition coefficient (Wildman–Crippen LogP) is 2.04. The molecule has 2 N–H and O–H groups in total. The third kappa shape index (κ3) is 4.44. The summed E-state index contributed by atoms with van der Waals surface area (Å²) < 4.78 is 25.9. The maximum absolute atomic E-state index is 11.8. The van der Waals surface area contributed by atoms with Crippen LogP contribution in [0.4, 0.5) is 0 Å². The largest absolute Gasteiger partial charge is 0.389 e. The van der Waals surface area contributed by atoms with Crippen LogP contribution in [0.1, 0.15) is 13.8 Å². The molecule has 1 aromatic rings. The van der Waals surface area contributed by atoms with Gasteiger partial charge in [-0.25, -0.2) is 13.1 Å². The molecule has 4 nitrogen and oxygen atoms in total. The van der Waals surface area contributed by atoms with Crippen LogP contribution in [0.15, 0.2) is 23.1 Å². The molecule has 0 spiro atoms. The van der Waals surface area contributed by atoms with Crippen molar-refractivity contribution in [3.8, 4) is 0 Å². The first-order valence-corrected chi connectivity index (χ1v) is 7.03. The van der Waals surface area contributed by atoms with E-state index in [0.717, 1.165) is 0 Å². The number of benzene rings is 1. The van der Waals surface area contributed by atoms with Gasteiger partial charge in [0.1, 0.15) is 0 Å². The molecule has 0 atom stereocenters. The van der Waals surface area contributed by atoms with Crippen LogP contribution in [-0.4, -0.2) is 25.7 Å². The van der Waals surface area contributed by atoms with Crippen LogP contribution in [0.2, 0.25) is 10.0 Å². The Morgan fingerprint density at radius 3 is 2.35 bits per heavy atom. The first-order valence-electron chi connectivity index (χ1n) is 4.79. The van der Waals surface area contributed by atoms with Gasteiger partial charge in [-0.3, -0.25) is 0 Å². The molecule has 0 heterocycles. The molecule has 1 aromatic carbocycles. The van der Waals surface area contributed by atoms with Crippen molar-refractivity contribution in [3.05, 3.63) is 28.2 Å². The third-order valence-electron chi connectivity index (χ3n) is 1.90. The van der Waals surface area contributed by atoms with E-state index in [9.17, 15) is 13.5 Å². The average molecular weight is 298 g/mol. The topological polar surface area (TPSA) is 66.4 Å². The summed E-state index contributed by atoms with van der Waals surface area (Å²) >= 11 is 11.4. The molecule has 0 aliphatic rings. The lowest BCUT2D eigenvalue weighted by molar-refractivity contribution is 0.0857. The standard InChI is InChI=1S/C10H13Cl2NO3S/c1-10(2,14)6-13-17(15,16)7-3-4-8(11)9(12)5-7/h3-5,13-14H,6H2,1-2H3. The van der Waals surface area contributed by atoms with Gasteiger partial charge in [-0.2, -0.15) is 0 Å². The van der Waals surface area contributed by atoms with Gasteiger partial charge in [0.15, 0.2) is 0 Å². The molecule has 0 aliphatic carbocycles. The quantitative estimate of drug-likeness (QED) is 0.894.